The standard InChI is InChI=1S/C9H16N2O/c1-10-9(12)4-3-7-11(2)8-5-6-8/h3-4,8H,5-7H2,1-2H3,(H,10,12). The fourth-order valence-corrected chi connectivity index (χ4v) is 1.07. The summed E-state index contributed by atoms with van der Waals surface area (Å²) in [6.45, 7) is 0.873. The number of rotatable bonds is 4. The molecule has 0 aromatic rings. The van der Waals surface area contributed by atoms with E-state index in [1.165, 1.54) is 12.8 Å². The maximum atomic E-state index is 10.8. The number of hydrogen-bond donors (Lipinski definition) is 1. The lowest BCUT2D eigenvalue weighted by Crippen LogP contribution is -2.21. The van der Waals surface area contributed by atoms with E-state index in [-0.39, 0.29) is 5.91 Å². The molecule has 0 saturated heterocycles. The predicted octanol–water partition coefficient (Wildman–Crippen LogP) is 0.383. The highest BCUT2D eigenvalue weighted by atomic mass is 16.1. The lowest BCUT2D eigenvalue weighted by molar-refractivity contribution is -0.116. The van der Waals surface area contributed by atoms with Gasteiger partial charge in [0.15, 0.2) is 0 Å². The van der Waals surface area contributed by atoms with E-state index < -0.39 is 0 Å². The molecular weight excluding hydrogens is 152 g/mol. The van der Waals surface area contributed by atoms with E-state index in [1.54, 1.807) is 13.1 Å². The fraction of sp³-hybridized carbons (Fsp3) is 0.667. The van der Waals surface area contributed by atoms with Gasteiger partial charge in [-0.15, -0.1) is 0 Å². The Bertz CT molecular complexity index is 185. The van der Waals surface area contributed by atoms with Gasteiger partial charge < -0.3 is 5.32 Å². The van der Waals surface area contributed by atoms with Crippen molar-refractivity contribution >= 4 is 5.91 Å². The lowest BCUT2D eigenvalue weighted by atomic mass is 10.4. The molecule has 0 radical (unpaired) electrons. The maximum Gasteiger partial charge on any atom is 0.243 e. The highest BCUT2D eigenvalue weighted by Gasteiger charge is 2.24. The first-order valence-corrected chi connectivity index (χ1v) is 4.32. The molecule has 68 valence electrons. The van der Waals surface area contributed by atoms with Gasteiger partial charge in [-0.2, -0.15) is 0 Å². The summed E-state index contributed by atoms with van der Waals surface area (Å²) >= 11 is 0. The molecule has 0 spiro atoms. The van der Waals surface area contributed by atoms with Gasteiger partial charge in [0.1, 0.15) is 0 Å². The van der Waals surface area contributed by atoms with Gasteiger partial charge in [0, 0.05) is 25.7 Å². The number of hydrogen-bond acceptors (Lipinski definition) is 2. The van der Waals surface area contributed by atoms with Gasteiger partial charge >= 0.3 is 0 Å². The van der Waals surface area contributed by atoms with Crippen LogP contribution in [0.4, 0.5) is 0 Å². The lowest BCUT2D eigenvalue weighted by Gasteiger charge is -2.11. The Kier molecular flexibility index (Phi) is 3.29. The van der Waals surface area contributed by atoms with Crippen molar-refractivity contribution < 1.29 is 4.79 Å². The van der Waals surface area contributed by atoms with E-state index in [1.807, 2.05) is 6.08 Å². The normalized spacial score (nSPS) is 17.2. The molecule has 0 bridgehead atoms. The van der Waals surface area contributed by atoms with Crippen molar-refractivity contribution in [2.75, 3.05) is 20.6 Å². The number of nitrogens with one attached hydrogen (secondary N) is 1. The fourth-order valence-electron chi connectivity index (χ4n) is 1.07. The molecule has 0 aromatic heterocycles. The van der Waals surface area contributed by atoms with Crippen molar-refractivity contribution in [2.45, 2.75) is 18.9 Å². The monoisotopic (exact) mass is 168 g/mol. The second-order valence-corrected chi connectivity index (χ2v) is 3.19. The first kappa shape index (κ1) is 9.26. The number of carbonyl (C=O) groups excluding carboxylic acids is 1. The Morgan fingerprint density at radius 3 is 2.83 bits per heavy atom. The van der Waals surface area contributed by atoms with E-state index in [4.69, 9.17) is 0 Å². The second-order valence-electron chi connectivity index (χ2n) is 3.19. The highest BCUT2D eigenvalue weighted by molar-refractivity contribution is 5.87. The SMILES string of the molecule is CNC(=O)C=CCN(C)C1CC1. The van der Waals surface area contributed by atoms with Crippen LogP contribution in [-0.4, -0.2) is 37.5 Å². The molecule has 12 heavy (non-hydrogen) atoms. The molecule has 3 heteroatoms. The van der Waals surface area contributed by atoms with E-state index in [0.717, 1.165) is 12.6 Å². The summed E-state index contributed by atoms with van der Waals surface area (Å²) < 4.78 is 0. The summed E-state index contributed by atoms with van der Waals surface area (Å²) in [5.74, 6) is -0.0285. The van der Waals surface area contributed by atoms with Crippen LogP contribution in [0.25, 0.3) is 0 Å². The van der Waals surface area contributed by atoms with Crippen molar-refractivity contribution in [1.29, 1.82) is 0 Å². The Labute approximate surface area is 73.4 Å². The molecule has 0 atom stereocenters. The van der Waals surface area contributed by atoms with Gasteiger partial charge in [-0.3, -0.25) is 9.69 Å². The summed E-state index contributed by atoms with van der Waals surface area (Å²) in [7, 11) is 3.73. The Morgan fingerprint density at radius 2 is 2.33 bits per heavy atom. The van der Waals surface area contributed by atoms with Gasteiger partial charge in [-0.25, -0.2) is 0 Å². The first-order valence-electron chi connectivity index (χ1n) is 4.32. The molecule has 3 nitrogen and oxygen atoms in total. The molecular formula is C9H16N2O. The molecule has 1 saturated carbocycles. The zero-order valence-electron chi connectivity index (χ0n) is 7.71. The summed E-state index contributed by atoms with van der Waals surface area (Å²) in [6, 6.07) is 0.763. The summed E-state index contributed by atoms with van der Waals surface area (Å²) in [4.78, 5) is 13.0. The quantitative estimate of drug-likeness (QED) is 0.616. The minimum absolute atomic E-state index is 0.0285. The van der Waals surface area contributed by atoms with Crippen LogP contribution >= 0.6 is 0 Å². The molecule has 1 amide bonds. The molecule has 0 heterocycles. The summed E-state index contributed by atoms with van der Waals surface area (Å²) in [5.41, 5.74) is 0. The van der Waals surface area contributed by atoms with E-state index in [2.05, 4.69) is 17.3 Å². The molecule has 0 unspecified atom stereocenters. The van der Waals surface area contributed by atoms with Crippen LogP contribution in [0.5, 0.6) is 0 Å². The van der Waals surface area contributed by atoms with Crippen LogP contribution in [0.2, 0.25) is 0 Å². The van der Waals surface area contributed by atoms with Crippen molar-refractivity contribution in [3.05, 3.63) is 12.2 Å². The topological polar surface area (TPSA) is 32.3 Å². The first-order chi connectivity index (χ1) is 5.74. The number of carbonyl (C=O) groups is 1. The average molecular weight is 168 g/mol. The van der Waals surface area contributed by atoms with Crippen LogP contribution in [0.3, 0.4) is 0 Å². The highest BCUT2D eigenvalue weighted by Crippen LogP contribution is 2.24. The number of nitrogens with zero attached hydrogens (tertiary/aromatic N) is 1. The van der Waals surface area contributed by atoms with Crippen LogP contribution < -0.4 is 5.32 Å². The maximum absolute atomic E-state index is 10.8. The van der Waals surface area contributed by atoms with Crippen LogP contribution in [0.15, 0.2) is 12.2 Å². The number of amides is 1. The molecule has 1 aliphatic rings. The van der Waals surface area contributed by atoms with Crippen molar-refractivity contribution in [3.63, 3.8) is 0 Å². The predicted molar refractivity (Wildman–Crippen MR) is 48.9 cm³/mol. The van der Waals surface area contributed by atoms with Crippen LogP contribution in [0.1, 0.15) is 12.8 Å². The molecule has 0 aromatic carbocycles. The Balaban J connectivity index is 2.14. The van der Waals surface area contributed by atoms with E-state index >= 15 is 0 Å². The van der Waals surface area contributed by atoms with Gasteiger partial charge in [0.25, 0.3) is 0 Å². The zero-order valence-corrected chi connectivity index (χ0v) is 7.71. The molecule has 1 rings (SSSR count). The molecule has 0 aliphatic heterocycles. The number of likely N-dealkylation sites (N-methyl/N-ethyl adjacent to an activating group) is 2. The smallest absolute Gasteiger partial charge is 0.243 e. The van der Waals surface area contributed by atoms with Gasteiger partial charge in [-0.05, 0) is 19.9 Å². The van der Waals surface area contributed by atoms with Gasteiger partial charge in [-0.1, -0.05) is 6.08 Å². The second kappa shape index (κ2) is 4.26. The summed E-state index contributed by atoms with van der Waals surface area (Å²) in [6.07, 6.45) is 6.10. The van der Waals surface area contributed by atoms with E-state index in [9.17, 15) is 4.79 Å². The van der Waals surface area contributed by atoms with Crippen molar-refractivity contribution in [1.82, 2.24) is 10.2 Å². The third-order valence-corrected chi connectivity index (χ3v) is 2.08. The minimum Gasteiger partial charge on any atom is -0.356 e. The molecule has 1 N–H and O–H groups in total. The molecule has 1 aliphatic carbocycles. The Morgan fingerprint density at radius 1 is 1.67 bits per heavy atom. The van der Waals surface area contributed by atoms with Crippen molar-refractivity contribution in [2.24, 2.45) is 0 Å². The largest absolute Gasteiger partial charge is 0.356 e. The zero-order chi connectivity index (χ0) is 8.97. The third-order valence-electron chi connectivity index (χ3n) is 2.08. The van der Waals surface area contributed by atoms with Gasteiger partial charge in [0.2, 0.25) is 5.91 Å². The van der Waals surface area contributed by atoms with Crippen molar-refractivity contribution in [3.8, 4) is 0 Å². The Hall–Kier alpha value is -0.830. The van der Waals surface area contributed by atoms with Crippen LogP contribution in [0, 0.1) is 0 Å². The average Bonchev–Trinajstić information content (AvgIpc) is 2.86. The summed E-state index contributed by atoms with van der Waals surface area (Å²) in [5, 5.41) is 2.54. The van der Waals surface area contributed by atoms with Crippen LogP contribution in [-0.2, 0) is 4.79 Å². The van der Waals surface area contributed by atoms with Gasteiger partial charge in [0.05, 0.1) is 0 Å². The van der Waals surface area contributed by atoms with E-state index in [0.29, 0.717) is 0 Å². The third kappa shape index (κ3) is 3.05. The minimum atomic E-state index is -0.0285. The molecule has 1 fully saturated rings.